The molecule has 1 aromatic carbocycles. The van der Waals surface area contributed by atoms with Crippen LogP contribution in [0.3, 0.4) is 0 Å². The number of amides is 1. The molecule has 0 unspecified atom stereocenters. The number of hydrogen-bond acceptors (Lipinski definition) is 7. The zero-order valence-electron chi connectivity index (χ0n) is 20.1. The van der Waals surface area contributed by atoms with E-state index in [-0.39, 0.29) is 19.1 Å². The lowest BCUT2D eigenvalue weighted by atomic mass is 10.0. The predicted molar refractivity (Wildman–Crippen MR) is 126 cm³/mol. The van der Waals surface area contributed by atoms with E-state index in [1.807, 2.05) is 19.9 Å². The van der Waals surface area contributed by atoms with Crippen molar-refractivity contribution in [3.63, 3.8) is 0 Å². The number of aliphatic hydroxyl groups is 1. The van der Waals surface area contributed by atoms with Crippen LogP contribution < -0.4 is 15.4 Å². The average Bonchev–Trinajstić information content (AvgIpc) is 3.28. The van der Waals surface area contributed by atoms with E-state index in [4.69, 9.17) is 4.74 Å². The molecule has 0 aliphatic carbocycles. The Morgan fingerprint density at radius 3 is 2.59 bits per heavy atom. The third kappa shape index (κ3) is 8.58. The number of aliphatic hydroxyl groups excluding tert-OH is 1. The highest BCUT2D eigenvalue weighted by molar-refractivity contribution is 5.88. The summed E-state index contributed by atoms with van der Waals surface area (Å²) in [5.41, 5.74) is 0.866. The van der Waals surface area contributed by atoms with Gasteiger partial charge in [-0.25, -0.2) is 4.79 Å². The van der Waals surface area contributed by atoms with Gasteiger partial charge in [-0.3, -0.25) is 14.9 Å². The van der Waals surface area contributed by atoms with Gasteiger partial charge in [0.25, 0.3) is 0 Å². The number of hydrogen-bond donors (Lipinski definition) is 5. The minimum absolute atomic E-state index is 0.135. The first-order chi connectivity index (χ1) is 16.1. The first-order valence-electron chi connectivity index (χ1n) is 11.7. The summed E-state index contributed by atoms with van der Waals surface area (Å²) in [7, 11) is 0. The summed E-state index contributed by atoms with van der Waals surface area (Å²) >= 11 is 0. The number of benzene rings is 1. The molecule has 1 aliphatic rings. The summed E-state index contributed by atoms with van der Waals surface area (Å²) in [4.78, 5) is 37.2. The molecule has 5 N–H and O–H groups in total. The minimum Gasteiger partial charge on any atom is -0.491 e. The fraction of sp³-hybridized carbons (Fsp3) is 0.625. The lowest BCUT2D eigenvalue weighted by Gasteiger charge is -2.27. The molecule has 1 aromatic rings. The third-order valence-corrected chi connectivity index (χ3v) is 5.76. The number of carbonyl (C=O) groups excluding carboxylic acids is 1. The number of carbonyl (C=O) groups is 3. The van der Waals surface area contributed by atoms with Gasteiger partial charge >= 0.3 is 11.9 Å². The van der Waals surface area contributed by atoms with E-state index in [1.54, 1.807) is 25.1 Å². The van der Waals surface area contributed by atoms with E-state index < -0.39 is 42.1 Å². The molecule has 2 rings (SSSR count). The fourth-order valence-electron chi connectivity index (χ4n) is 3.91. The molecule has 1 aliphatic heterocycles. The second kappa shape index (κ2) is 13.3. The van der Waals surface area contributed by atoms with Crippen molar-refractivity contribution in [2.24, 2.45) is 0 Å². The Balaban J connectivity index is 1.89. The van der Waals surface area contributed by atoms with E-state index in [1.165, 1.54) is 4.90 Å². The van der Waals surface area contributed by atoms with Crippen LogP contribution in [0.15, 0.2) is 24.3 Å². The average molecular weight is 480 g/mol. The van der Waals surface area contributed by atoms with Gasteiger partial charge in [-0.15, -0.1) is 0 Å². The fourth-order valence-corrected chi connectivity index (χ4v) is 3.91. The van der Waals surface area contributed by atoms with Crippen LogP contribution in [0.25, 0.3) is 0 Å². The van der Waals surface area contributed by atoms with Crippen molar-refractivity contribution in [3.8, 4) is 5.75 Å². The number of nitrogens with one attached hydrogen (secondary N) is 2. The van der Waals surface area contributed by atoms with Crippen molar-refractivity contribution in [1.82, 2.24) is 15.5 Å². The molecular formula is C24H37N3O7. The summed E-state index contributed by atoms with van der Waals surface area (Å²) in [5.74, 6) is -1.95. The van der Waals surface area contributed by atoms with Crippen molar-refractivity contribution >= 4 is 17.8 Å². The van der Waals surface area contributed by atoms with Crippen molar-refractivity contribution in [1.29, 1.82) is 0 Å². The lowest BCUT2D eigenvalue weighted by Crippen LogP contribution is -2.53. The van der Waals surface area contributed by atoms with E-state index >= 15 is 0 Å². The van der Waals surface area contributed by atoms with Crippen LogP contribution in [0.2, 0.25) is 0 Å². The molecule has 1 saturated heterocycles. The zero-order valence-corrected chi connectivity index (χ0v) is 20.1. The molecule has 1 amide bonds. The maximum Gasteiger partial charge on any atom is 0.326 e. The van der Waals surface area contributed by atoms with E-state index in [2.05, 4.69) is 10.6 Å². The summed E-state index contributed by atoms with van der Waals surface area (Å²) in [6.07, 6.45) is 1.03. The number of likely N-dealkylation sites (tertiary alicyclic amines) is 1. The standard InChI is InChI=1S/C24H37N3O7/c1-15(2)25-13-18(28)14-34-19-7-4-6-17(12-19)9-10-20(23(30)31)26-16(3)22(29)27-11-5-8-21(27)24(32)33/h4,6-7,12,15-16,18,20-21,25-26,28H,5,8-11,13-14H2,1-3H3,(H,30,31)(H,32,33)/t16-,18+,20+,21-/m0/s1. The highest BCUT2D eigenvalue weighted by Crippen LogP contribution is 2.19. The zero-order chi connectivity index (χ0) is 25.3. The SMILES string of the molecule is CC(C)NC[C@@H](O)COc1cccc(CC[C@@H](N[C@@H](C)C(=O)N2CCC[C@H]2C(=O)O)C(=O)O)c1. The Labute approximate surface area is 200 Å². The monoisotopic (exact) mass is 479 g/mol. The van der Waals surface area contributed by atoms with Crippen molar-refractivity contribution in [3.05, 3.63) is 29.8 Å². The Morgan fingerprint density at radius 2 is 1.94 bits per heavy atom. The van der Waals surface area contributed by atoms with Crippen molar-refractivity contribution in [2.45, 2.75) is 76.7 Å². The van der Waals surface area contributed by atoms with Crippen LogP contribution in [-0.4, -0.2) is 88.0 Å². The smallest absolute Gasteiger partial charge is 0.326 e. The second-order valence-corrected chi connectivity index (χ2v) is 9.02. The van der Waals surface area contributed by atoms with Gasteiger partial charge in [0.15, 0.2) is 0 Å². The normalized spacial score (nSPS) is 18.5. The maximum absolute atomic E-state index is 12.7. The number of carboxylic acid groups (broad SMARTS) is 2. The number of rotatable bonds is 14. The number of carboxylic acids is 2. The van der Waals surface area contributed by atoms with Gasteiger partial charge in [0.1, 0.15) is 30.5 Å². The topological polar surface area (TPSA) is 148 Å². The van der Waals surface area contributed by atoms with Crippen LogP contribution in [-0.2, 0) is 20.8 Å². The van der Waals surface area contributed by atoms with Gasteiger partial charge in [0.2, 0.25) is 5.91 Å². The van der Waals surface area contributed by atoms with Crippen LogP contribution >= 0.6 is 0 Å². The first kappa shape index (κ1) is 27.6. The largest absolute Gasteiger partial charge is 0.491 e. The quantitative estimate of drug-likeness (QED) is 0.262. The lowest BCUT2D eigenvalue weighted by molar-refractivity contribution is -0.149. The maximum atomic E-state index is 12.7. The molecule has 4 atom stereocenters. The van der Waals surface area contributed by atoms with Crippen LogP contribution in [0.5, 0.6) is 5.75 Å². The molecule has 10 heteroatoms. The number of aryl methyl sites for hydroxylation is 1. The Kier molecular flexibility index (Phi) is 10.7. The third-order valence-electron chi connectivity index (χ3n) is 5.76. The van der Waals surface area contributed by atoms with Gasteiger partial charge in [-0.05, 0) is 50.3 Å². The molecule has 190 valence electrons. The number of nitrogens with zero attached hydrogens (tertiary/aromatic N) is 1. The Morgan fingerprint density at radius 1 is 1.21 bits per heavy atom. The second-order valence-electron chi connectivity index (χ2n) is 9.02. The van der Waals surface area contributed by atoms with Gasteiger partial charge < -0.3 is 30.3 Å². The van der Waals surface area contributed by atoms with Gasteiger partial charge in [0, 0.05) is 19.1 Å². The Hall–Kier alpha value is -2.69. The Bertz CT molecular complexity index is 833. The summed E-state index contributed by atoms with van der Waals surface area (Å²) in [6.45, 7) is 6.46. The highest BCUT2D eigenvalue weighted by Gasteiger charge is 2.36. The minimum atomic E-state index is -1.08. The van der Waals surface area contributed by atoms with Crippen LogP contribution in [0.4, 0.5) is 0 Å². The predicted octanol–water partition coefficient (Wildman–Crippen LogP) is 0.864. The van der Waals surface area contributed by atoms with Gasteiger partial charge in [-0.1, -0.05) is 26.0 Å². The summed E-state index contributed by atoms with van der Waals surface area (Å²) in [5, 5.41) is 34.9. The van der Waals surface area contributed by atoms with Crippen LogP contribution in [0.1, 0.15) is 45.6 Å². The molecule has 0 aromatic heterocycles. The molecule has 0 radical (unpaired) electrons. The molecule has 1 fully saturated rings. The molecule has 34 heavy (non-hydrogen) atoms. The number of aliphatic carboxylic acids is 2. The summed E-state index contributed by atoms with van der Waals surface area (Å²) in [6, 6.07) is 4.85. The highest BCUT2D eigenvalue weighted by atomic mass is 16.5. The van der Waals surface area contributed by atoms with E-state index in [9.17, 15) is 29.7 Å². The molecule has 0 saturated carbocycles. The number of ether oxygens (including phenoxy) is 1. The molecule has 1 heterocycles. The first-order valence-corrected chi connectivity index (χ1v) is 11.7. The van der Waals surface area contributed by atoms with Crippen molar-refractivity contribution in [2.75, 3.05) is 19.7 Å². The van der Waals surface area contributed by atoms with Crippen molar-refractivity contribution < 1.29 is 34.4 Å². The molecule has 0 spiro atoms. The molecule has 10 nitrogen and oxygen atoms in total. The van der Waals surface area contributed by atoms with Crippen LogP contribution in [0, 0.1) is 0 Å². The van der Waals surface area contributed by atoms with E-state index in [0.29, 0.717) is 38.1 Å². The molecular weight excluding hydrogens is 442 g/mol. The molecule has 0 bridgehead atoms. The van der Waals surface area contributed by atoms with Gasteiger partial charge in [0.05, 0.1) is 6.04 Å². The van der Waals surface area contributed by atoms with Gasteiger partial charge in [-0.2, -0.15) is 0 Å². The summed E-state index contributed by atoms with van der Waals surface area (Å²) < 4.78 is 5.66. The van der Waals surface area contributed by atoms with E-state index in [0.717, 1.165) is 5.56 Å².